The Morgan fingerprint density at radius 3 is 2.77 bits per heavy atom. The number of rotatable bonds is 8. The first-order valence-electron chi connectivity index (χ1n) is 8.42. The Morgan fingerprint density at radius 2 is 1.96 bits per heavy atom. The summed E-state index contributed by atoms with van der Waals surface area (Å²) < 4.78 is 1.72. The average molecular weight is 349 g/mol. The predicted octanol–water partition coefficient (Wildman–Crippen LogP) is 3.38. The molecule has 0 radical (unpaired) electrons. The van der Waals surface area contributed by atoms with E-state index < -0.39 is 0 Å². The molecule has 132 valence electrons. The highest BCUT2D eigenvalue weighted by Crippen LogP contribution is 2.18. The van der Waals surface area contributed by atoms with Gasteiger partial charge < -0.3 is 5.32 Å². The van der Waals surface area contributed by atoms with Crippen molar-refractivity contribution in [2.75, 3.05) is 6.54 Å². The highest BCUT2D eigenvalue weighted by atomic mass is 16.1. The number of hydrogen-bond acceptors (Lipinski definition) is 4. The van der Waals surface area contributed by atoms with Crippen molar-refractivity contribution in [3.05, 3.63) is 70.6 Å². The van der Waals surface area contributed by atoms with Gasteiger partial charge in [-0.2, -0.15) is 0 Å². The molecule has 0 aliphatic rings. The third kappa shape index (κ3) is 4.37. The summed E-state index contributed by atoms with van der Waals surface area (Å²) in [5.41, 5.74) is 11.0. The average Bonchev–Trinajstić information content (AvgIpc) is 3.09. The largest absolute Gasteiger partial charge is 0.334 e. The third-order valence-corrected chi connectivity index (χ3v) is 4.01. The summed E-state index contributed by atoms with van der Waals surface area (Å²) in [7, 11) is 0. The lowest BCUT2D eigenvalue weighted by molar-refractivity contribution is -0.121. The highest BCUT2D eigenvalue weighted by molar-refractivity contribution is 5.79. The van der Waals surface area contributed by atoms with Crippen LogP contribution in [0.15, 0.2) is 59.7 Å². The molecular formula is C18H19N7O. The number of nitrogens with one attached hydrogen (secondary N) is 1. The van der Waals surface area contributed by atoms with Crippen molar-refractivity contribution >= 4 is 16.9 Å². The Morgan fingerprint density at radius 1 is 1.19 bits per heavy atom. The molecule has 26 heavy (non-hydrogen) atoms. The van der Waals surface area contributed by atoms with Crippen molar-refractivity contribution in [3.8, 4) is 0 Å². The summed E-state index contributed by atoms with van der Waals surface area (Å²) in [6.45, 7) is 0.369. The molecule has 0 fully saturated rings. The molecule has 1 heterocycles. The van der Waals surface area contributed by atoms with Crippen LogP contribution in [-0.2, 0) is 11.2 Å². The first-order chi connectivity index (χ1) is 12.8. The second-order valence-corrected chi connectivity index (χ2v) is 5.87. The number of benzene rings is 2. The number of amides is 1. The number of hydrogen-bond donors (Lipinski definition) is 1. The van der Waals surface area contributed by atoms with Crippen LogP contribution in [0.1, 0.15) is 24.6 Å². The molecule has 3 rings (SSSR count). The number of nitrogens with zero attached hydrogens (tertiary/aromatic N) is 6. The van der Waals surface area contributed by atoms with E-state index in [0.29, 0.717) is 25.8 Å². The minimum absolute atomic E-state index is 0.0930. The maximum atomic E-state index is 12.5. The maximum absolute atomic E-state index is 12.5. The van der Waals surface area contributed by atoms with Gasteiger partial charge in [0.25, 0.3) is 0 Å². The summed E-state index contributed by atoms with van der Waals surface area (Å²) in [5, 5.41) is 14.9. The Bertz CT molecular complexity index is 915. The molecule has 1 aromatic heterocycles. The second-order valence-electron chi connectivity index (χ2n) is 5.87. The van der Waals surface area contributed by atoms with Gasteiger partial charge in [0, 0.05) is 11.5 Å². The third-order valence-electron chi connectivity index (χ3n) is 4.01. The number of fused-ring (bicyclic) bond motifs is 1. The highest BCUT2D eigenvalue weighted by Gasteiger charge is 2.18. The number of carbonyl (C=O) groups excluding carboxylic acids is 1. The molecule has 0 saturated heterocycles. The van der Waals surface area contributed by atoms with Crippen molar-refractivity contribution in [2.45, 2.75) is 25.4 Å². The zero-order chi connectivity index (χ0) is 18.2. The molecule has 1 amide bonds. The van der Waals surface area contributed by atoms with E-state index in [9.17, 15) is 4.79 Å². The summed E-state index contributed by atoms with van der Waals surface area (Å²) in [6.07, 6.45) is 1.16. The normalized spacial score (nSPS) is 11.7. The molecular weight excluding hydrogens is 330 g/mol. The van der Waals surface area contributed by atoms with E-state index in [1.54, 1.807) is 4.68 Å². The molecule has 0 bridgehead atoms. The van der Waals surface area contributed by atoms with Crippen molar-refractivity contribution in [1.82, 2.24) is 20.3 Å². The van der Waals surface area contributed by atoms with E-state index in [1.165, 1.54) is 0 Å². The van der Waals surface area contributed by atoms with Crippen molar-refractivity contribution in [2.24, 2.45) is 5.11 Å². The maximum Gasteiger partial charge on any atom is 0.226 e. The van der Waals surface area contributed by atoms with Gasteiger partial charge in [-0.1, -0.05) is 52.8 Å². The topological polar surface area (TPSA) is 109 Å². The van der Waals surface area contributed by atoms with Gasteiger partial charge in [-0.25, -0.2) is 4.68 Å². The Labute approximate surface area is 150 Å². The van der Waals surface area contributed by atoms with Crippen molar-refractivity contribution in [1.29, 1.82) is 0 Å². The molecule has 0 saturated carbocycles. The first kappa shape index (κ1) is 17.4. The summed E-state index contributed by atoms with van der Waals surface area (Å²) in [6, 6.07) is 17.2. The summed E-state index contributed by atoms with van der Waals surface area (Å²) >= 11 is 0. The van der Waals surface area contributed by atoms with Crippen LogP contribution >= 0.6 is 0 Å². The number of para-hydroxylation sites is 1. The molecule has 0 spiro atoms. The Balaban J connectivity index is 1.76. The summed E-state index contributed by atoms with van der Waals surface area (Å²) in [4.78, 5) is 15.3. The van der Waals surface area contributed by atoms with Crippen LogP contribution in [0.4, 0.5) is 0 Å². The fraction of sp³-hybridized carbons (Fsp3) is 0.278. The lowest BCUT2D eigenvalue weighted by atomic mass is 10.1. The fourth-order valence-corrected chi connectivity index (χ4v) is 2.79. The lowest BCUT2D eigenvalue weighted by Crippen LogP contribution is -2.34. The molecule has 8 nitrogen and oxygen atoms in total. The van der Waals surface area contributed by atoms with Gasteiger partial charge in [0.1, 0.15) is 11.7 Å². The SMILES string of the molecule is [N-]=[N+]=NCCCC(NC(=O)Cc1ccccc1)n1nnc2ccccc21. The predicted molar refractivity (Wildman–Crippen MR) is 98.1 cm³/mol. The molecule has 1 unspecified atom stereocenters. The molecule has 1 N–H and O–H groups in total. The lowest BCUT2D eigenvalue weighted by Gasteiger charge is -2.19. The van der Waals surface area contributed by atoms with E-state index >= 15 is 0 Å². The summed E-state index contributed by atoms with van der Waals surface area (Å²) in [5.74, 6) is -0.0930. The fourth-order valence-electron chi connectivity index (χ4n) is 2.79. The number of carbonyl (C=O) groups is 1. The van der Waals surface area contributed by atoms with E-state index in [-0.39, 0.29) is 12.1 Å². The van der Waals surface area contributed by atoms with Gasteiger partial charge in [-0.3, -0.25) is 4.79 Å². The molecule has 2 aromatic carbocycles. The van der Waals surface area contributed by atoms with Crippen LogP contribution in [-0.4, -0.2) is 27.4 Å². The molecule has 8 heteroatoms. The number of aromatic nitrogens is 3. The standard InChI is InChI=1S/C18H19N7O/c19-23-20-12-6-11-17(21-18(26)13-14-7-2-1-3-8-14)25-16-10-5-4-9-15(16)22-24-25/h1-5,7-10,17H,6,11-13H2,(H,21,26). The molecule has 0 aliphatic carbocycles. The van der Waals surface area contributed by atoms with Crippen molar-refractivity contribution in [3.63, 3.8) is 0 Å². The van der Waals surface area contributed by atoms with Gasteiger partial charge in [-0.15, -0.1) is 5.10 Å². The van der Waals surface area contributed by atoms with E-state index in [1.807, 2.05) is 54.6 Å². The smallest absolute Gasteiger partial charge is 0.226 e. The Hall–Kier alpha value is -3.38. The van der Waals surface area contributed by atoms with Gasteiger partial charge in [0.15, 0.2) is 0 Å². The van der Waals surface area contributed by atoms with Gasteiger partial charge in [0.2, 0.25) is 5.91 Å². The van der Waals surface area contributed by atoms with Crippen LogP contribution in [0.5, 0.6) is 0 Å². The minimum Gasteiger partial charge on any atom is -0.334 e. The molecule has 1 atom stereocenters. The quantitative estimate of drug-likeness (QED) is 0.291. The second kappa shape index (κ2) is 8.64. The zero-order valence-electron chi connectivity index (χ0n) is 14.2. The van der Waals surface area contributed by atoms with Crippen LogP contribution in [0.2, 0.25) is 0 Å². The zero-order valence-corrected chi connectivity index (χ0v) is 14.2. The van der Waals surface area contributed by atoms with E-state index in [0.717, 1.165) is 16.6 Å². The van der Waals surface area contributed by atoms with Crippen LogP contribution in [0, 0.1) is 0 Å². The van der Waals surface area contributed by atoms with Gasteiger partial charge in [0.05, 0.1) is 11.9 Å². The monoisotopic (exact) mass is 349 g/mol. The van der Waals surface area contributed by atoms with Crippen molar-refractivity contribution < 1.29 is 4.79 Å². The minimum atomic E-state index is -0.354. The van der Waals surface area contributed by atoms with Crippen LogP contribution in [0.25, 0.3) is 21.5 Å². The van der Waals surface area contributed by atoms with Gasteiger partial charge in [-0.05, 0) is 36.1 Å². The molecule has 0 aliphatic heterocycles. The first-order valence-corrected chi connectivity index (χ1v) is 8.42. The van der Waals surface area contributed by atoms with Gasteiger partial charge >= 0.3 is 0 Å². The van der Waals surface area contributed by atoms with Crippen LogP contribution < -0.4 is 5.32 Å². The van der Waals surface area contributed by atoms with Crippen LogP contribution in [0.3, 0.4) is 0 Å². The van der Waals surface area contributed by atoms with E-state index in [2.05, 4.69) is 25.7 Å². The Kier molecular flexibility index (Phi) is 5.80. The van der Waals surface area contributed by atoms with E-state index in [4.69, 9.17) is 5.53 Å². The number of azide groups is 1. The molecule has 3 aromatic rings.